The van der Waals surface area contributed by atoms with Gasteiger partial charge in [0.25, 0.3) is 0 Å². The Morgan fingerprint density at radius 3 is 2.21 bits per heavy atom. The van der Waals surface area contributed by atoms with Crippen LogP contribution in [0, 0.1) is 10.8 Å². The molecule has 0 aromatic heterocycles. The van der Waals surface area contributed by atoms with E-state index in [-0.39, 0.29) is 17.7 Å². The predicted molar refractivity (Wildman–Crippen MR) is 92.6 cm³/mol. The van der Waals surface area contributed by atoms with Gasteiger partial charge in [-0.05, 0) is 43.1 Å². The first-order valence-electron chi connectivity index (χ1n) is 9.08. The number of nitrogens with one attached hydrogen (secondary N) is 1. The molecule has 2 N–H and O–H groups in total. The number of rotatable bonds is 7. The van der Waals surface area contributed by atoms with Gasteiger partial charge >= 0.3 is 5.97 Å². The van der Waals surface area contributed by atoms with E-state index in [2.05, 4.69) is 29.6 Å². The molecule has 130 valence electrons. The second-order valence-electron chi connectivity index (χ2n) is 7.76. The molecule has 4 heteroatoms. The third kappa shape index (κ3) is 3.63. The fourth-order valence-electron chi connectivity index (χ4n) is 4.30. The van der Waals surface area contributed by atoms with Crippen LogP contribution in [-0.2, 0) is 16.0 Å². The molecule has 3 rings (SSSR count). The van der Waals surface area contributed by atoms with Crippen molar-refractivity contribution in [2.75, 3.05) is 6.54 Å². The number of hydrogen-bond acceptors (Lipinski definition) is 2. The lowest BCUT2D eigenvalue weighted by Crippen LogP contribution is -2.44. The molecule has 1 aromatic rings. The average Bonchev–Trinajstić information content (AvgIpc) is 2.98. The topological polar surface area (TPSA) is 66.4 Å². The molecule has 0 aliphatic heterocycles. The van der Waals surface area contributed by atoms with Crippen LogP contribution < -0.4 is 5.32 Å². The normalized spacial score (nSPS) is 21.0. The lowest BCUT2D eigenvalue weighted by Gasteiger charge is -2.37. The molecule has 1 amide bonds. The highest BCUT2D eigenvalue weighted by molar-refractivity contribution is 5.85. The fourth-order valence-corrected chi connectivity index (χ4v) is 4.30. The molecule has 1 aromatic carbocycles. The van der Waals surface area contributed by atoms with Gasteiger partial charge in [-0.3, -0.25) is 9.59 Å². The molecule has 2 saturated carbocycles. The average molecular weight is 329 g/mol. The Morgan fingerprint density at radius 2 is 1.67 bits per heavy atom. The van der Waals surface area contributed by atoms with Crippen molar-refractivity contribution < 1.29 is 14.7 Å². The summed E-state index contributed by atoms with van der Waals surface area (Å²) >= 11 is 0. The van der Waals surface area contributed by atoms with E-state index in [1.54, 1.807) is 0 Å². The Morgan fingerprint density at radius 1 is 1.00 bits per heavy atom. The number of benzene rings is 1. The summed E-state index contributed by atoms with van der Waals surface area (Å²) in [6.45, 7) is 0.663. The van der Waals surface area contributed by atoms with E-state index in [4.69, 9.17) is 0 Å². The maximum Gasteiger partial charge on any atom is 0.310 e. The smallest absolute Gasteiger partial charge is 0.310 e. The van der Waals surface area contributed by atoms with Crippen LogP contribution in [-0.4, -0.2) is 23.5 Å². The number of aliphatic carboxylic acids is 1. The van der Waals surface area contributed by atoms with Gasteiger partial charge in [-0.25, -0.2) is 0 Å². The molecule has 2 aliphatic carbocycles. The number of hydrogen-bond donors (Lipinski definition) is 2. The fraction of sp³-hybridized carbons (Fsp3) is 0.600. The highest BCUT2D eigenvalue weighted by Crippen LogP contribution is 2.44. The van der Waals surface area contributed by atoms with Gasteiger partial charge in [0.15, 0.2) is 0 Å². The standard InChI is InChI=1S/C20H27NO3/c22-17(14-20(18(23)24)11-6-12-20)21-15-19(9-4-5-10-19)13-16-7-2-1-3-8-16/h1-3,7-8H,4-6,9-15H2,(H,21,22)(H,23,24). The zero-order valence-corrected chi connectivity index (χ0v) is 14.2. The largest absolute Gasteiger partial charge is 0.481 e. The van der Waals surface area contributed by atoms with Gasteiger partial charge in [-0.2, -0.15) is 0 Å². The van der Waals surface area contributed by atoms with Crippen LogP contribution in [0.25, 0.3) is 0 Å². The Hall–Kier alpha value is -1.84. The summed E-state index contributed by atoms with van der Waals surface area (Å²) in [7, 11) is 0. The van der Waals surface area contributed by atoms with Crippen LogP contribution >= 0.6 is 0 Å². The maximum atomic E-state index is 12.3. The summed E-state index contributed by atoms with van der Waals surface area (Å²) in [4.78, 5) is 23.8. The van der Waals surface area contributed by atoms with Gasteiger partial charge < -0.3 is 10.4 Å². The van der Waals surface area contributed by atoms with Crippen molar-refractivity contribution in [3.63, 3.8) is 0 Å². The summed E-state index contributed by atoms with van der Waals surface area (Å²) in [6, 6.07) is 10.4. The molecule has 2 fully saturated rings. The number of carboxylic acid groups (broad SMARTS) is 1. The molecule has 24 heavy (non-hydrogen) atoms. The van der Waals surface area contributed by atoms with Crippen LogP contribution in [0.3, 0.4) is 0 Å². The summed E-state index contributed by atoms with van der Waals surface area (Å²) < 4.78 is 0. The van der Waals surface area contributed by atoms with Gasteiger partial charge in [0.2, 0.25) is 5.91 Å². The quantitative estimate of drug-likeness (QED) is 0.804. The lowest BCUT2D eigenvalue weighted by atomic mass is 9.66. The summed E-state index contributed by atoms with van der Waals surface area (Å²) in [5.41, 5.74) is 0.647. The minimum atomic E-state index is -0.816. The van der Waals surface area contributed by atoms with Crippen LogP contribution in [0.15, 0.2) is 30.3 Å². The van der Waals surface area contributed by atoms with E-state index in [0.29, 0.717) is 19.4 Å². The number of carboxylic acids is 1. The highest BCUT2D eigenvalue weighted by Gasteiger charge is 2.46. The second-order valence-corrected chi connectivity index (χ2v) is 7.76. The first-order valence-corrected chi connectivity index (χ1v) is 9.08. The summed E-state index contributed by atoms with van der Waals surface area (Å²) in [5, 5.41) is 12.4. The lowest BCUT2D eigenvalue weighted by molar-refractivity contribution is -0.157. The van der Waals surface area contributed by atoms with Crippen molar-refractivity contribution in [1.29, 1.82) is 0 Å². The first-order chi connectivity index (χ1) is 11.5. The third-order valence-corrected chi connectivity index (χ3v) is 6.01. The van der Waals surface area contributed by atoms with Crippen LogP contribution in [0.5, 0.6) is 0 Å². The van der Waals surface area contributed by atoms with E-state index < -0.39 is 11.4 Å². The van der Waals surface area contributed by atoms with Crippen molar-refractivity contribution in [1.82, 2.24) is 5.32 Å². The highest BCUT2D eigenvalue weighted by atomic mass is 16.4. The van der Waals surface area contributed by atoms with Gasteiger partial charge in [0.05, 0.1) is 5.41 Å². The van der Waals surface area contributed by atoms with Gasteiger partial charge in [-0.15, -0.1) is 0 Å². The molecule has 4 nitrogen and oxygen atoms in total. The van der Waals surface area contributed by atoms with E-state index in [1.807, 2.05) is 6.07 Å². The minimum Gasteiger partial charge on any atom is -0.481 e. The predicted octanol–water partition coefficient (Wildman–Crippen LogP) is 3.55. The molecule has 0 spiro atoms. The van der Waals surface area contributed by atoms with Gasteiger partial charge in [0.1, 0.15) is 0 Å². The molecule has 0 unspecified atom stereocenters. The van der Waals surface area contributed by atoms with E-state index >= 15 is 0 Å². The van der Waals surface area contributed by atoms with Crippen LogP contribution in [0.2, 0.25) is 0 Å². The van der Waals surface area contributed by atoms with Crippen molar-refractivity contribution in [3.05, 3.63) is 35.9 Å². The van der Waals surface area contributed by atoms with Gasteiger partial charge in [0, 0.05) is 13.0 Å². The van der Waals surface area contributed by atoms with Crippen molar-refractivity contribution in [2.24, 2.45) is 10.8 Å². The van der Waals surface area contributed by atoms with Gasteiger partial charge in [-0.1, -0.05) is 49.6 Å². The Bertz CT molecular complexity index is 586. The summed E-state index contributed by atoms with van der Waals surface area (Å²) in [5.74, 6) is -0.916. The monoisotopic (exact) mass is 329 g/mol. The first kappa shape index (κ1) is 17.0. The van der Waals surface area contributed by atoms with Crippen molar-refractivity contribution in [2.45, 2.75) is 57.8 Å². The number of carbonyl (C=O) groups is 2. The van der Waals surface area contributed by atoms with E-state index in [9.17, 15) is 14.7 Å². The van der Waals surface area contributed by atoms with E-state index in [1.165, 1.54) is 18.4 Å². The van der Waals surface area contributed by atoms with E-state index in [0.717, 1.165) is 25.7 Å². The zero-order chi connectivity index (χ0) is 17.0. The Balaban J connectivity index is 1.58. The SMILES string of the molecule is O=C(CC1(C(=O)O)CCC1)NCC1(Cc2ccccc2)CCCC1. The van der Waals surface area contributed by atoms with Crippen LogP contribution in [0.1, 0.15) is 56.9 Å². The van der Waals surface area contributed by atoms with Crippen LogP contribution in [0.4, 0.5) is 0 Å². The molecule has 0 heterocycles. The molecular weight excluding hydrogens is 302 g/mol. The molecule has 0 saturated heterocycles. The van der Waals surface area contributed by atoms with Crippen molar-refractivity contribution >= 4 is 11.9 Å². The summed E-state index contributed by atoms with van der Waals surface area (Å²) in [6.07, 6.45) is 7.97. The zero-order valence-electron chi connectivity index (χ0n) is 14.2. The second kappa shape index (κ2) is 6.96. The molecule has 0 radical (unpaired) electrons. The third-order valence-electron chi connectivity index (χ3n) is 6.01. The molecular formula is C20H27NO3. The maximum absolute atomic E-state index is 12.3. The molecule has 0 atom stereocenters. The minimum absolute atomic E-state index is 0.101. The number of carbonyl (C=O) groups excluding carboxylic acids is 1. The number of amides is 1. The molecule has 0 bridgehead atoms. The molecule has 2 aliphatic rings. The Labute approximate surface area is 143 Å². The van der Waals surface area contributed by atoms with Crippen molar-refractivity contribution in [3.8, 4) is 0 Å². The Kier molecular flexibility index (Phi) is 4.93.